The van der Waals surface area contributed by atoms with Gasteiger partial charge in [0.15, 0.2) is 0 Å². The van der Waals surface area contributed by atoms with E-state index in [0.29, 0.717) is 10.6 Å². The summed E-state index contributed by atoms with van der Waals surface area (Å²) >= 11 is 1.41. The minimum atomic E-state index is -3.94. The molecule has 0 radical (unpaired) electrons. The zero-order valence-electron chi connectivity index (χ0n) is 21.9. The number of carbonyl (C=O) groups is 2. The highest BCUT2D eigenvalue weighted by Gasteiger charge is 2.30. The van der Waals surface area contributed by atoms with Crippen LogP contribution < -0.4 is 5.32 Å². The summed E-state index contributed by atoms with van der Waals surface area (Å²) < 4.78 is 27.2. The third-order valence-corrected chi connectivity index (χ3v) is 9.27. The van der Waals surface area contributed by atoms with Crippen LogP contribution in [0.1, 0.15) is 57.3 Å². The van der Waals surface area contributed by atoms with Crippen molar-refractivity contribution in [3.8, 4) is 12.1 Å². The fourth-order valence-corrected chi connectivity index (χ4v) is 7.02. The number of nitrogens with zero attached hydrogens (tertiary/aromatic N) is 5. The summed E-state index contributed by atoms with van der Waals surface area (Å²) in [5.74, 6) is -0.616. The number of nitriles is 2. The summed E-state index contributed by atoms with van der Waals surface area (Å²) in [4.78, 5) is 31.1. The van der Waals surface area contributed by atoms with Crippen molar-refractivity contribution in [1.29, 1.82) is 10.5 Å². The summed E-state index contributed by atoms with van der Waals surface area (Å²) in [5, 5.41) is 21.1. The Kier molecular flexibility index (Phi) is 10.00. The van der Waals surface area contributed by atoms with E-state index in [-0.39, 0.29) is 42.3 Å². The molecule has 3 rings (SSSR count). The number of sulfonamides is 1. The Morgan fingerprint density at radius 3 is 2.29 bits per heavy atom. The zero-order chi connectivity index (χ0) is 27.9. The molecule has 0 atom stereocenters. The van der Waals surface area contributed by atoms with Crippen molar-refractivity contribution in [2.45, 2.75) is 44.0 Å². The minimum absolute atomic E-state index is 0.000144. The van der Waals surface area contributed by atoms with Crippen LogP contribution in [-0.2, 0) is 23.0 Å². The zero-order valence-corrected chi connectivity index (χ0v) is 23.5. The number of anilines is 1. The highest BCUT2D eigenvalue weighted by Crippen LogP contribution is 2.38. The fourth-order valence-electron chi connectivity index (χ4n) is 4.31. The van der Waals surface area contributed by atoms with Gasteiger partial charge in [-0.05, 0) is 49.2 Å². The number of thiophene rings is 1. The summed E-state index contributed by atoms with van der Waals surface area (Å²) in [6.07, 6.45) is 1.77. The van der Waals surface area contributed by atoms with E-state index in [1.165, 1.54) is 40.5 Å². The molecule has 2 heterocycles. The maximum Gasteiger partial charge on any atom is 0.256 e. The number of amides is 2. The normalized spacial score (nSPS) is 13.4. The van der Waals surface area contributed by atoms with Gasteiger partial charge in [-0.1, -0.05) is 6.92 Å². The van der Waals surface area contributed by atoms with Gasteiger partial charge < -0.3 is 10.2 Å². The highest BCUT2D eigenvalue weighted by atomic mass is 32.2. The van der Waals surface area contributed by atoms with Crippen LogP contribution in [0.4, 0.5) is 5.00 Å². The van der Waals surface area contributed by atoms with Gasteiger partial charge in [-0.15, -0.1) is 11.3 Å². The van der Waals surface area contributed by atoms with E-state index in [2.05, 4.69) is 17.1 Å². The first-order valence-electron chi connectivity index (χ1n) is 12.4. The van der Waals surface area contributed by atoms with Crippen molar-refractivity contribution in [1.82, 2.24) is 14.1 Å². The second-order valence-corrected chi connectivity index (χ2v) is 12.2. The molecule has 0 fully saturated rings. The van der Waals surface area contributed by atoms with E-state index in [4.69, 9.17) is 10.5 Å². The molecule has 1 N–H and O–H groups in total. The molecule has 1 aliphatic rings. The molecular weight excluding hydrogens is 524 g/mol. The van der Waals surface area contributed by atoms with E-state index in [9.17, 15) is 18.0 Å². The molecular formula is C26H32N6O4S2. The van der Waals surface area contributed by atoms with Crippen LogP contribution in [-0.4, -0.2) is 74.6 Å². The maximum absolute atomic E-state index is 13.1. The number of hydrogen-bond donors (Lipinski definition) is 1. The molecule has 0 saturated carbocycles. The molecule has 1 aromatic carbocycles. The van der Waals surface area contributed by atoms with Crippen molar-refractivity contribution < 1.29 is 18.0 Å². The number of carbonyl (C=O) groups excluding carboxylic acids is 2. The topological polar surface area (TPSA) is 138 Å². The Morgan fingerprint density at radius 1 is 1.11 bits per heavy atom. The Hall–Kier alpha value is -3.29. The van der Waals surface area contributed by atoms with E-state index in [0.717, 1.165) is 47.2 Å². The van der Waals surface area contributed by atoms with Gasteiger partial charge in [-0.2, -0.15) is 14.8 Å². The largest absolute Gasteiger partial charge is 0.345 e. The first kappa shape index (κ1) is 29.3. The molecule has 202 valence electrons. The molecule has 2 amide bonds. The number of nitrogens with one attached hydrogen (secondary N) is 1. The van der Waals surface area contributed by atoms with Crippen molar-refractivity contribution in [2.75, 3.05) is 45.6 Å². The first-order chi connectivity index (χ1) is 18.1. The van der Waals surface area contributed by atoms with Gasteiger partial charge in [-0.3, -0.25) is 14.5 Å². The lowest BCUT2D eigenvalue weighted by molar-refractivity contribution is 0.0827. The third-order valence-electron chi connectivity index (χ3n) is 6.22. The van der Waals surface area contributed by atoms with E-state index in [1.807, 2.05) is 12.1 Å². The van der Waals surface area contributed by atoms with Crippen LogP contribution in [0.25, 0.3) is 0 Å². The summed E-state index contributed by atoms with van der Waals surface area (Å²) in [5.41, 5.74) is 1.74. The second kappa shape index (κ2) is 13.0. The van der Waals surface area contributed by atoms with Gasteiger partial charge in [-0.25, -0.2) is 8.42 Å². The maximum atomic E-state index is 13.1. The summed E-state index contributed by atoms with van der Waals surface area (Å²) in [6.45, 7) is 4.64. The van der Waals surface area contributed by atoms with Gasteiger partial charge >= 0.3 is 0 Å². The molecule has 2 aromatic rings. The monoisotopic (exact) mass is 556 g/mol. The molecule has 0 spiro atoms. The molecule has 1 aliphatic heterocycles. The number of benzene rings is 1. The highest BCUT2D eigenvalue weighted by molar-refractivity contribution is 7.89. The van der Waals surface area contributed by atoms with Crippen molar-refractivity contribution in [2.24, 2.45) is 0 Å². The predicted octanol–water partition coefficient (Wildman–Crippen LogP) is 3.29. The van der Waals surface area contributed by atoms with Gasteiger partial charge in [0.05, 0.1) is 22.6 Å². The Labute approximate surface area is 228 Å². The third kappa shape index (κ3) is 6.58. The van der Waals surface area contributed by atoms with Gasteiger partial charge in [0.25, 0.3) is 11.8 Å². The van der Waals surface area contributed by atoms with Crippen LogP contribution in [0.5, 0.6) is 0 Å². The van der Waals surface area contributed by atoms with Crippen molar-refractivity contribution >= 4 is 38.2 Å². The summed E-state index contributed by atoms with van der Waals surface area (Å²) in [7, 11) is -0.579. The molecule has 0 aliphatic carbocycles. The molecule has 10 nitrogen and oxygen atoms in total. The first-order valence-corrected chi connectivity index (χ1v) is 14.6. The predicted molar refractivity (Wildman–Crippen MR) is 145 cm³/mol. The molecule has 12 heteroatoms. The smallest absolute Gasteiger partial charge is 0.256 e. The van der Waals surface area contributed by atoms with Gasteiger partial charge in [0, 0.05) is 63.6 Å². The minimum Gasteiger partial charge on any atom is -0.345 e. The lowest BCUT2D eigenvalue weighted by Crippen LogP contribution is -2.32. The van der Waals surface area contributed by atoms with E-state index < -0.39 is 15.9 Å². The number of fused-ring (bicyclic) bond motifs is 1. The quantitative estimate of drug-likeness (QED) is 0.448. The average Bonchev–Trinajstić information content (AvgIpc) is 3.25. The van der Waals surface area contributed by atoms with Crippen molar-refractivity contribution in [3.63, 3.8) is 0 Å². The molecule has 38 heavy (non-hydrogen) atoms. The van der Waals surface area contributed by atoms with Crippen LogP contribution in [0.3, 0.4) is 0 Å². The lowest BCUT2D eigenvalue weighted by atomic mass is 10.0. The molecule has 0 unspecified atom stereocenters. The number of hydrogen-bond acceptors (Lipinski definition) is 8. The average molecular weight is 557 g/mol. The number of rotatable bonds is 11. The van der Waals surface area contributed by atoms with E-state index >= 15 is 0 Å². The van der Waals surface area contributed by atoms with Gasteiger partial charge in [0.2, 0.25) is 10.0 Å². The lowest BCUT2D eigenvalue weighted by Gasteiger charge is -2.26. The van der Waals surface area contributed by atoms with Crippen molar-refractivity contribution in [3.05, 3.63) is 45.8 Å². The molecule has 0 bridgehead atoms. The van der Waals surface area contributed by atoms with E-state index in [1.54, 1.807) is 14.1 Å². The Balaban J connectivity index is 1.85. The summed E-state index contributed by atoms with van der Waals surface area (Å²) in [6, 6.07) is 9.35. The Morgan fingerprint density at radius 2 is 1.74 bits per heavy atom. The SMILES string of the molecule is CCCN1CCc2c(sc(NC(=O)c3ccc(S(=O)(=O)N(CCC#N)CCC#N)cc3)c2C(=O)N(C)C)C1. The molecule has 0 saturated heterocycles. The molecule has 1 aromatic heterocycles. The van der Waals surface area contributed by atoms with Crippen LogP contribution in [0.2, 0.25) is 0 Å². The van der Waals surface area contributed by atoms with Crippen LogP contribution >= 0.6 is 11.3 Å². The van der Waals surface area contributed by atoms with Gasteiger partial charge in [0.1, 0.15) is 5.00 Å². The fraction of sp³-hybridized carbons (Fsp3) is 0.462. The second-order valence-electron chi connectivity index (χ2n) is 9.13. The Bertz CT molecular complexity index is 1340. The van der Waals surface area contributed by atoms with Crippen LogP contribution in [0, 0.1) is 22.7 Å². The van der Waals surface area contributed by atoms with Crippen LogP contribution in [0.15, 0.2) is 29.2 Å². The standard InChI is InChI=1S/C26H32N6O4S2/c1-4-14-31-17-11-21-22(18-31)37-25(23(21)26(34)30(2)3)29-24(33)19-7-9-20(10-8-19)38(35,36)32(15-5-12-27)16-6-13-28/h7-10H,4-6,11,14-18H2,1-3H3,(H,29,33).